The largest absolute Gasteiger partial charge is 0.444 e. The average molecular weight is 317 g/mol. The third-order valence-electron chi connectivity index (χ3n) is 3.53. The third kappa shape index (κ3) is 8.57. The molecule has 1 heterocycles. The van der Waals surface area contributed by atoms with Gasteiger partial charge in [-0.2, -0.15) is 11.8 Å². The number of piperidine rings is 1. The molecule has 0 aromatic carbocycles. The molecule has 0 aliphatic carbocycles. The Morgan fingerprint density at radius 2 is 2.10 bits per heavy atom. The molecule has 1 saturated heterocycles. The number of carbonyl (C=O) groups excluding carboxylic acids is 1. The van der Waals surface area contributed by atoms with Gasteiger partial charge in [-0.3, -0.25) is 0 Å². The minimum atomic E-state index is -0.408. The second kappa shape index (κ2) is 9.57. The zero-order valence-electron chi connectivity index (χ0n) is 14.1. The van der Waals surface area contributed by atoms with Gasteiger partial charge in [0.15, 0.2) is 0 Å². The second-order valence-electron chi connectivity index (χ2n) is 6.77. The molecule has 0 bridgehead atoms. The summed E-state index contributed by atoms with van der Waals surface area (Å²) in [6.45, 7) is 8.40. The van der Waals surface area contributed by atoms with Crippen molar-refractivity contribution in [3.63, 3.8) is 0 Å². The Labute approximate surface area is 134 Å². The van der Waals surface area contributed by atoms with Gasteiger partial charge >= 0.3 is 6.09 Å². The standard InChI is InChI=1S/C16H32N2O2S/c1-16(2,3)20-15(19)18-11-8-9-14(13-18)17-10-6-5-7-12-21-4/h14,17H,5-13H2,1-4H3. The number of unbranched alkanes of at least 4 members (excludes halogenated alkanes) is 2. The Morgan fingerprint density at radius 3 is 2.76 bits per heavy atom. The molecular formula is C16H32N2O2S. The summed E-state index contributed by atoms with van der Waals surface area (Å²) in [6, 6.07) is 0.423. The molecule has 1 fully saturated rings. The van der Waals surface area contributed by atoms with Crippen molar-refractivity contribution in [1.29, 1.82) is 0 Å². The van der Waals surface area contributed by atoms with Gasteiger partial charge in [-0.25, -0.2) is 4.79 Å². The fraction of sp³-hybridized carbons (Fsp3) is 0.938. The van der Waals surface area contributed by atoms with Crippen LogP contribution < -0.4 is 5.32 Å². The highest BCUT2D eigenvalue weighted by atomic mass is 32.2. The first kappa shape index (κ1) is 18.6. The molecule has 1 N–H and O–H groups in total. The van der Waals surface area contributed by atoms with E-state index in [1.54, 1.807) is 0 Å². The van der Waals surface area contributed by atoms with E-state index in [1.807, 2.05) is 37.4 Å². The van der Waals surface area contributed by atoms with Crippen molar-refractivity contribution >= 4 is 17.9 Å². The summed E-state index contributed by atoms with van der Waals surface area (Å²) >= 11 is 1.92. The van der Waals surface area contributed by atoms with Crippen LogP contribution in [0.2, 0.25) is 0 Å². The Morgan fingerprint density at radius 1 is 1.33 bits per heavy atom. The maximum atomic E-state index is 12.1. The Bertz CT molecular complexity index is 305. The van der Waals surface area contributed by atoms with E-state index in [0.717, 1.165) is 32.5 Å². The minimum Gasteiger partial charge on any atom is -0.444 e. The van der Waals surface area contributed by atoms with Crippen LogP contribution in [0.3, 0.4) is 0 Å². The second-order valence-corrected chi connectivity index (χ2v) is 7.76. The highest BCUT2D eigenvalue weighted by Crippen LogP contribution is 2.15. The van der Waals surface area contributed by atoms with E-state index in [9.17, 15) is 4.79 Å². The third-order valence-corrected chi connectivity index (χ3v) is 4.23. The summed E-state index contributed by atoms with van der Waals surface area (Å²) in [5.74, 6) is 1.26. The van der Waals surface area contributed by atoms with Crippen LogP contribution in [-0.2, 0) is 4.74 Å². The number of carbonyl (C=O) groups is 1. The number of nitrogens with one attached hydrogen (secondary N) is 1. The van der Waals surface area contributed by atoms with Crippen LogP contribution in [0.1, 0.15) is 52.9 Å². The predicted octanol–water partition coefficient (Wildman–Crippen LogP) is 3.51. The van der Waals surface area contributed by atoms with E-state index in [4.69, 9.17) is 4.74 Å². The topological polar surface area (TPSA) is 41.6 Å². The molecule has 1 aliphatic rings. The molecule has 0 aromatic rings. The molecule has 0 spiro atoms. The summed E-state index contributed by atoms with van der Waals surface area (Å²) in [6.07, 6.45) is 8.02. The van der Waals surface area contributed by atoms with Crippen LogP contribution >= 0.6 is 11.8 Å². The van der Waals surface area contributed by atoms with Crippen molar-refractivity contribution in [2.45, 2.75) is 64.5 Å². The van der Waals surface area contributed by atoms with Gasteiger partial charge < -0.3 is 15.0 Å². The fourth-order valence-electron chi connectivity index (χ4n) is 2.49. The van der Waals surface area contributed by atoms with E-state index in [-0.39, 0.29) is 6.09 Å². The van der Waals surface area contributed by atoms with Crippen LogP contribution in [0.4, 0.5) is 4.79 Å². The highest BCUT2D eigenvalue weighted by Gasteiger charge is 2.27. The number of amides is 1. The fourth-order valence-corrected chi connectivity index (χ4v) is 2.98. The lowest BCUT2D eigenvalue weighted by Crippen LogP contribution is -2.49. The van der Waals surface area contributed by atoms with Gasteiger partial charge in [0, 0.05) is 19.1 Å². The number of likely N-dealkylation sites (tertiary alicyclic amines) is 1. The van der Waals surface area contributed by atoms with E-state index in [1.165, 1.54) is 25.0 Å². The van der Waals surface area contributed by atoms with E-state index in [0.29, 0.717) is 6.04 Å². The minimum absolute atomic E-state index is 0.172. The molecule has 1 aliphatic heterocycles. The monoisotopic (exact) mass is 316 g/mol. The highest BCUT2D eigenvalue weighted by molar-refractivity contribution is 7.98. The number of nitrogens with zero attached hydrogens (tertiary/aromatic N) is 1. The maximum absolute atomic E-state index is 12.1. The summed E-state index contributed by atoms with van der Waals surface area (Å²) in [7, 11) is 0. The molecule has 0 radical (unpaired) electrons. The zero-order chi connectivity index (χ0) is 15.7. The van der Waals surface area contributed by atoms with Crippen LogP contribution in [-0.4, -0.2) is 54.3 Å². The van der Waals surface area contributed by atoms with E-state index < -0.39 is 5.60 Å². The quantitative estimate of drug-likeness (QED) is 0.730. The van der Waals surface area contributed by atoms with Crippen molar-refractivity contribution in [3.8, 4) is 0 Å². The molecule has 1 rings (SSSR count). The smallest absolute Gasteiger partial charge is 0.410 e. The van der Waals surface area contributed by atoms with E-state index in [2.05, 4.69) is 11.6 Å². The maximum Gasteiger partial charge on any atom is 0.410 e. The van der Waals surface area contributed by atoms with Crippen molar-refractivity contribution in [1.82, 2.24) is 10.2 Å². The van der Waals surface area contributed by atoms with Gasteiger partial charge in [0.1, 0.15) is 5.60 Å². The molecule has 0 aromatic heterocycles. The number of ether oxygens (including phenoxy) is 1. The van der Waals surface area contributed by atoms with Crippen LogP contribution in [0.15, 0.2) is 0 Å². The SMILES string of the molecule is CSCCCCCNC1CCCN(C(=O)OC(C)(C)C)C1. The first-order chi connectivity index (χ1) is 9.92. The molecule has 124 valence electrons. The number of hydrogen-bond donors (Lipinski definition) is 1. The molecule has 1 atom stereocenters. The van der Waals surface area contributed by atoms with Gasteiger partial charge in [-0.15, -0.1) is 0 Å². The van der Waals surface area contributed by atoms with Crippen molar-refractivity contribution in [2.75, 3.05) is 31.6 Å². The lowest BCUT2D eigenvalue weighted by molar-refractivity contribution is 0.0187. The summed E-state index contributed by atoms with van der Waals surface area (Å²) < 4.78 is 5.45. The summed E-state index contributed by atoms with van der Waals surface area (Å²) in [5, 5.41) is 3.59. The van der Waals surface area contributed by atoms with Gasteiger partial charge in [-0.1, -0.05) is 6.42 Å². The first-order valence-electron chi connectivity index (χ1n) is 8.12. The van der Waals surface area contributed by atoms with Gasteiger partial charge in [-0.05, 0) is 65.0 Å². The van der Waals surface area contributed by atoms with Gasteiger partial charge in [0.05, 0.1) is 0 Å². The molecule has 5 heteroatoms. The number of hydrogen-bond acceptors (Lipinski definition) is 4. The summed E-state index contributed by atoms with van der Waals surface area (Å²) in [4.78, 5) is 13.9. The Balaban J connectivity index is 2.21. The van der Waals surface area contributed by atoms with Crippen LogP contribution in [0, 0.1) is 0 Å². The molecule has 21 heavy (non-hydrogen) atoms. The van der Waals surface area contributed by atoms with Gasteiger partial charge in [0.2, 0.25) is 0 Å². The van der Waals surface area contributed by atoms with Crippen molar-refractivity contribution in [3.05, 3.63) is 0 Å². The number of rotatable bonds is 7. The predicted molar refractivity (Wildman–Crippen MR) is 91.1 cm³/mol. The molecule has 1 unspecified atom stereocenters. The molecular weight excluding hydrogens is 284 g/mol. The Kier molecular flexibility index (Phi) is 8.49. The van der Waals surface area contributed by atoms with Crippen molar-refractivity contribution < 1.29 is 9.53 Å². The average Bonchev–Trinajstić information content (AvgIpc) is 2.41. The normalized spacial score (nSPS) is 19.6. The lowest BCUT2D eigenvalue weighted by Gasteiger charge is -2.34. The number of thioether (sulfide) groups is 1. The van der Waals surface area contributed by atoms with Gasteiger partial charge in [0.25, 0.3) is 0 Å². The van der Waals surface area contributed by atoms with E-state index >= 15 is 0 Å². The van der Waals surface area contributed by atoms with Crippen LogP contribution in [0.25, 0.3) is 0 Å². The Hall–Kier alpha value is -0.420. The van der Waals surface area contributed by atoms with Crippen molar-refractivity contribution in [2.24, 2.45) is 0 Å². The molecule has 1 amide bonds. The molecule has 0 saturated carbocycles. The van der Waals surface area contributed by atoms with Crippen LogP contribution in [0.5, 0.6) is 0 Å². The lowest BCUT2D eigenvalue weighted by atomic mass is 10.1. The summed E-state index contributed by atoms with van der Waals surface area (Å²) in [5.41, 5.74) is -0.408. The zero-order valence-corrected chi connectivity index (χ0v) is 14.9. The molecule has 4 nitrogen and oxygen atoms in total. The first-order valence-corrected chi connectivity index (χ1v) is 9.52.